The minimum atomic E-state index is -0.431. The molecule has 0 unspecified atom stereocenters. The summed E-state index contributed by atoms with van der Waals surface area (Å²) in [5.74, 6) is 1.35. The van der Waals surface area contributed by atoms with Gasteiger partial charge in [-0.1, -0.05) is 121 Å². The van der Waals surface area contributed by atoms with Crippen LogP contribution in [-0.4, -0.2) is 11.3 Å². The van der Waals surface area contributed by atoms with Crippen molar-refractivity contribution in [3.63, 3.8) is 0 Å². The Labute approximate surface area is 530 Å². The van der Waals surface area contributed by atoms with Crippen molar-refractivity contribution in [1.29, 1.82) is 15.8 Å². The normalized spacial score (nSPS) is 14.2. The number of benzene rings is 11. The van der Waals surface area contributed by atoms with Crippen molar-refractivity contribution in [2.24, 2.45) is 0 Å². The summed E-state index contributed by atoms with van der Waals surface area (Å²) in [6.07, 6.45) is 2.13. The molecule has 0 spiro atoms. The van der Waals surface area contributed by atoms with Crippen LogP contribution in [0.4, 0.5) is 51.2 Å². The Kier molecular flexibility index (Phi) is 12.4. The van der Waals surface area contributed by atoms with Crippen molar-refractivity contribution in [2.45, 2.75) is 77.6 Å². The van der Waals surface area contributed by atoms with E-state index in [9.17, 15) is 15.8 Å². The second-order valence-electron chi connectivity index (χ2n) is 26.9. The lowest BCUT2D eigenvalue weighted by molar-refractivity contribution is 0.332. The van der Waals surface area contributed by atoms with Crippen LogP contribution in [-0.2, 0) is 16.2 Å². The zero-order valence-electron chi connectivity index (χ0n) is 51.8. The topological polar surface area (TPSA) is 108 Å². The first-order chi connectivity index (χ1) is 44.1. The number of furan rings is 1. The zero-order valence-corrected chi connectivity index (χ0v) is 51.8. The Morgan fingerprint density at radius 3 is 1.71 bits per heavy atom. The van der Waals surface area contributed by atoms with Crippen LogP contribution in [0.5, 0.6) is 11.5 Å². The minimum Gasteiger partial charge on any atom is -0.458 e. The molecule has 91 heavy (non-hydrogen) atoms. The van der Waals surface area contributed by atoms with Gasteiger partial charge in [-0.3, -0.25) is 0 Å². The number of rotatable bonds is 8. The molecule has 0 bridgehead atoms. The van der Waals surface area contributed by atoms with E-state index in [1.165, 1.54) is 16.7 Å². The number of nitrogens with zero attached hydrogens (tertiary/aromatic N) is 7. The maximum absolute atomic E-state index is 10.4. The summed E-state index contributed by atoms with van der Waals surface area (Å²) in [6, 6.07) is 85.5. The SMILES string of the molecule is CC(C)(C)c1ccc2c(c1)c1cc(C#N)ccc1n2-c1cc2c3c(c1)N(c1ccc4c(c1)C(C)(C)CCC4(C)C)c1cc(N(c4ccccc4)c4ccc(C#N)cc4)ccc1B3c1c(cc(N(c3ccccc3)c3ccc(C#N)cc3)c3c1oc1ccccc13)O2. The van der Waals surface area contributed by atoms with Gasteiger partial charge in [-0.2, -0.15) is 15.8 Å². The highest BCUT2D eigenvalue weighted by Gasteiger charge is 2.46. The Hall–Kier alpha value is -11.2. The van der Waals surface area contributed by atoms with Crippen molar-refractivity contribution in [3.05, 3.63) is 258 Å². The van der Waals surface area contributed by atoms with Gasteiger partial charge >= 0.3 is 0 Å². The van der Waals surface area contributed by atoms with Crippen LogP contribution in [0.3, 0.4) is 0 Å². The summed E-state index contributed by atoms with van der Waals surface area (Å²) < 4.78 is 17.5. The minimum absolute atomic E-state index is 0.0306. The molecule has 9 nitrogen and oxygen atoms in total. The molecule has 10 heteroatoms. The van der Waals surface area contributed by atoms with Gasteiger partial charge in [-0.15, -0.1) is 0 Å². The zero-order chi connectivity index (χ0) is 62.2. The van der Waals surface area contributed by atoms with Crippen molar-refractivity contribution in [1.82, 2.24) is 4.57 Å². The van der Waals surface area contributed by atoms with Crippen molar-refractivity contribution in [3.8, 4) is 35.4 Å². The lowest BCUT2D eigenvalue weighted by Crippen LogP contribution is -2.59. The molecule has 16 rings (SSSR count). The fraction of sp³-hybridized carbons (Fsp3) is 0.148. The fourth-order valence-electron chi connectivity index (χ4n) is 14.7. The quantitative estimate of drug-likeness (QED) is 0.138. The van der Waals surface area contributed by atoms with Crippen LogP contribution in [0, 0.1) is 34.0 Å². The first-order valence-electron chi connectivity index (χ1n) is 31.2. The standard InChI is InChI=1S/C81H62BN7O2/c1-79(2,3)53-27-37-68-63(41-53)62-40-52(49-85)26-36-67(62)89(68)60-44-71-76-73(45-60)90-74-46-70(87(55-18-12-9-13-19-55)57-30-24-51(48-84)25-31-57)75-61-20-14-15-21-72(61)91-78(75)77(74)82(76)66-35-33-59(86(54-16-10-8-11-17-54)56-28-22-50(47-83)23-29-56)43-69(66)88(71)58-32-34-64-65(42-58)81(6,7)39-38-80(64,4)5/h8-37,40-46H,38-39H2,1-7H3. The molecule has 0 amide bonds. The smallest absolute Gasteiger partial charge is 0.261 e. The summed E-state index contributed by atoms with van der Waals surface area (Å²) >= 11 is 0. The molecule has 0 radical (unpaired) electrons. The lowest BCUT2D eigenvalue weighted by Gasteiger charge is -2.44. The number of aromatic nitrogens is 1. The maximum Gasteiger partial charge on any atom is 0.261 e. The molecule has 0 saturated carbocycles. The van der Waals surface area contributed by atoms with Crippen molar-refractivity contribution in [2.75, 3.05) is 14.7 Å². The monoisotopic (exact) mass is 1180 g/mol. The number of fused-ring (bicyclic) bond motifs is 12. The second-order valence-corrected chi connectivity index (χ2v) is 26.9. The molecule has 13 aromatic rings. The first-order valence-corrected chi connectivity index (χ1v) is 31.2. The van der Waals surface area contributed by atoms with Crippen molar-refractivity contribution >= 4 is 118 Å². The van der Waals surface area contributed by atoms with Gasteiger partial charge in [0.1, 0.15) is 22.7 Å². The van der Waals surface area contributed by atoms with E-state index in [0.717, 1.165) is 124 Å². The molecular formula is C81H62BN7O2. The molecule has 1 aliphatic carbocycles. The van der Waals surface area contributed by atoms with Gasteiger partial charge < -0.3 is 28.4 Å². The highest BCUT2D eigenvalue weighted by atomic mass is 16.5. The van der Waals surface area contributed by atoms with Crippen LogP contribution in [0.2, 0.25) is 0 Å². The third-order valence-corrected chi connectivity index (χ3v) is 19.5. The number of para-hydroxylation sites is 3. The second kappa shape index (κ2) is 20.4. The molecule has 4 heterocycles. The lowest BCUT2D eigenvalue weighted by atomic mass is 9.34. The Morgan fingerprint density at radius 2 is 1.04 bits per heavy atom. The van der Waals surface area contributed by atoms with Crippen molar-refractivity contribution < 1.29 is 9.15 Å². The number of hydrogen-bond donors (Lipinski definition) is 0. The molecule has 2 aromatic heterocycles. The van der Waals surface area contributed by atoms with E-state index in [0.29, 0.717) is 33.8 Å². The van der Waals surface area contributed by atoms with Crippen LogP contribution in [0.1, 0.15) is 94.7 Å². The number of anilines is 9. The molecule has 0 fully saturated rings. The Balaban J connectivity index is 1.04. The summed E-state index contributed by atoms with van der Waals surface area (Å²) in [5.41, 5.74) is 21.1. The predicted octanol–water partition coefficient (Wildman–Crippen LogP) is 19.3. The van der Waals surface area contributed by atoms with Gasteiger partial charge in [0.25, 0.3) is 6.71 Å². The third kappa shape index (κ3) is 8.71. The largest absolute Gasteiger partial charge is 0.458 e. The van der Waals surface area contributed by atoms with Crippen LogP contribution < -0.4 is 35.8 Å². The van der Waals surface area contributed by atoms with E-state index in [4.69, 9.17) is 9.15 Å². The fourth-order valence-corrected chi connectivity index (χ4v) is 14.7. The van der Waals surface area contributed by atoms with Gasteiger partial charge in [0.2, 0.25) is 0 Å². The van der Waals surface area contributed by atoms with Crippen LogP contribution in [0.25, 0.3) is 49.4 Å². The van der Waals surface area contributed by atoms with E-state index in [-0.39, 0.29) is 16.2 Å². The average Bonchev–Trinajstić information content (AvgIpc) is 1.59. The Morgan fingerprint density at radius 1 is 0.473 bits per heavy atom. The molecule has 0 saturated heterocycles. The predicted molar refractivity (Wildman–Crippen MR) is 371 cm³/mol. The highest BCUT2D eigenvalue weighted by molar-refractivity contribution is 7.00. The van der Waals surface area contributed by atoms with Gasteiger partial charge in [-0.05, 0) is 196 Å². The number of hydrogen-bond acceptors (Lipinski definition) is 8. The molecule has 0 N–H and O–H groups in total. The number of nitriles is 3. The Bertz CT molecular complexity index is 5310. The highest BCUT2D eigenvalue weighted by Crippen LogP contribution is 2.53. The third-order valence-electron chi connectivity index (χ3n) is 19.5. The van der Waals surface area contributed by atoms with Crippen LogP contribution in [0.15, 0.2) is 229 Å². The van der Waals surface area contributed by atoms with Gasteiger partial charge in [-0.25, -0.2) is 0 Å². The van der Waals surface area contributed by atoms with E-state index in [2.05, 4.69) is 213 Å². The van der Waals surface area contributed by atoms with Gasteiger partial charge in [0.05, 0.1) is 62.7 Å². The maximum atomic E-state index is 10.4. The van der Waals surface area contributed by atoms with E-state index in [1.807, 2.05) is 97.1 Å². The van der Waals surface area contributed by atoms with E-state index < -0.39 is 6.71 Å². The molecular weight excluding hydrogens is 1110 g/mol. The summed E-state index contributed by atoms with van der Waals surface area (Å²) in [5, 5.41) is 34.5. The van der Waals surface area contributed by atoms with E-state index in [1.54, 1.807) is 0 Å². The van der Waals surface area contributed by atoms with E-state index >= 15 is 0 Å². The molecule has 2 aliphatic heterocycles. The number of ether oxygens (including phenoxy) is 1. The van der Waals surface area contributed by atoms with Crippen LogP contribution >= 0.6 is 0 Å². The molecule has 0 atom stereocenters. The molecule has 3 aliphatic rings. The summed E-state index contributed by atoms with van der Waals surface area (Å²) in [6.45, 7) is 15.8. The molecule has 11 aromatic carbocycles. The average molecular weight is 1180 g/mol. The van der Waals surface area contributed by atoms with Gasteiger partial charge in [0, 0.05) is 79.3 Å². The summed E-state index contributed by atoms with van der Waals surface area (Å²) in [7, 11) is 0. The first kappa shape index (κ1) is 55.1. The van der Waals surface area contributed by atoms with Gasteiger partial charge in [0.15, 0.2) is 0 Å². The summed E-state index contributed by atoms with van der Waals surface area (Å²) in [4.78, 5) is 7.00. The molecule has 436 valence electrons.